The fourth-order valence-electron chi connectivity index (χ4n) is 3.69. The summed E-state index contributed by atoms with van der Waals surface area (Å²) in [7, 11) is 0. The molecule has 2 aliphatic heterocycles. The number of nitrogens with one attached hydrogen (secondary N) is 1. The standard InChI is InChI=1S/C17H25N3O4/c21-16(15-4-6-19-24-15)18-9-14-3-5-17(23-14)11-20(7-8-22-12-17)10-13-1-2-13/h4,6,13-14H,1-3,5,7-12H2,(H,18,21)/t14-,17+/m1/s1. The predicted molar refractivity (Wildman–Crippen MR) is 85.7 cm³/mol. The van der Waals surface area contributed by atoms with Crippen molar-refractivity contribution in [3.63, 3.8) is 0 Å². The second kappa shape index (κ2) is 6.82. The molecule has 24 heavy (non-hydrogen) atoms. The summed E-state index contributed by atoms with van der Waals surface area (Å²) in [6.07, 6.45) is 6.14. The summed E-state index contributed by atoms with van der Waals surface area (Å²) in [5.41, 5.74) is -0.215. The maximum absolute atomic E-state index is 11.9. The smallest absolute Gasteiger partial charge is 0.289 e. The molecule has 0 bridgehead atoms. The Bertz CT molecular complexity index is 560. The lowest BCUT2D eigenvalue weighted by Crippen LogP contribution is -2.46. The third kappa shape index (κ3) is 3.79. The zero-order valence-corrected chi connectivity index (χ0v) is 13.9. The van der Waals surface area contributed by atoms with E-state index < -0.39 is 0 Å². The van der Waals surface area contributed by atoms with Gasteiger partial charge in [-0.05, 0) is 31.6 Å². The van der Waals surface area contributed by atoms with Crippen LogP contribution in [0.2, 0.25) is 0 Å². The summed E-state index contributed by atoms with van der Waals surface area (Å²) < 4.78 is 17.0. The molecular formula is C17H25N3O4. The van der Waals surface area contributed by atoms with E-state index in [4.69, 9.17) is 14.0 Å². The molecule has 1 N–H and O–H groups in total. The molecule has 1 aromatic heterocycles. The van der Waals surface area contributed by atoms with Gasteiger partial charge in [-0.25, -0.2) is 0 Å². The SMILES string of the molecule is O=C(NC[C@H]1CC[C@]2(COCCN(CC3CC3)C2)O1)c1ccno1. The van der Waals surface area contributed by atoms with Crippen molar-refractivity contribution in [2.24, 2.45) is 5.92 Å². The van der Waals surface area contributed by atoms with Crippen molar-refractivity contribution < 1.29 is 18.8 Å². The molecule has 3 fully saturated rings. The number of aromatic nitrogens is 1. The summed E-state index contributed by atoms with van der Waals surface area (Å²) in [5.74, 6) is 0.860. The minimum Gasteiger partial charge on any atom is -0.377 e. The van der Waals surface area contributed by atoms with Crippen LogP contribution in [0.5, 0.6) is 0 Å². The van der Waals surface area contributed by atoms with Gasteiger partial charge >= 0.3 is 0 Å². The molecular weight excluding hydrogens is 310 g/mol. The Morgan fingerprint density at radius 3 is 3.12 bits per heavy atom. The monoisotopic (exact) mass is 335 g/mol. The van der Waals surface area contributed by atoms with Crippen LogP contribution >= 0.6 is 0 Å². The van der Waals surface area contributed by atoms with Crippen molar-refractivity contribution in [2.75, 3.05) is 39.4 Å². The number of rotatable bonds is 5. The predicted octanol–water partition coefficient (Wildman–Crippen LogP) is 1.06. The van der Waals surface area contributed by atoms with Crippen LogP contribution < -0.4 is 5.32 Å². The normalized spacial score (nSPS) is 31.2. The van der Waals surface area contributed by atoms with Gasteiger partial charge in [0, 0.05) is 32.2 Å². The number of ether oxygens (including phenoxy) is 2. The molecule has 3 aliphatic rings. The number of nitrogens with zero attached hydrogens (tertiary/aromatic N) is 2. The lowest BCUT2D eigenvalue weighted by molar-refractivity contribution is -0.0846. The summed E-state index contributed by atoms with van der Waals surface area (Å²) in [5, 5.41) is 6.42. The average molecular weight is 335 g/mol. The topological polar surface area (TPSA) is 76.8 Å². The van der Waals surface area contributed by atoms with Crippen LogP contribution in [0, 0.1) is 5.92 Å². The Labute approximate surface area is 141 Å². The average Bonchev–Trinajstić information content (AvgIpc) is 3.10. The molecule has 132 valence electrons. The van der Waals surface area contributed by atoms with Crippen molar-refractivity contribution >= 4 is 5.91 Å². The molecule has 2 atom stereocenters. The van der Waals surface area contributed by atoms with E-state index in [2.05, 4.69) is 15.4 Å². The van der Waals surface area contributed by atoms with E-state index in [1.165, 1.54) is 25.6 Å². The lowest BCUT2D eigenvalue weighted by atomic mass is 10.00. The van der Waals surface area contributed by atoms with Crippen LogP contribution in [-0.2, 0) is 9.47 Å². The van der Waals surface area contributed by atoms with Crippen LogP contribution in [0.25, 0.3) is 0 Å². The summed E-state index contributed by atoms with van der Waals surface area (Å²) in [6.45, 7) is 5.03. The summed E-state index contributed by atoms with van der Waals surface area (Å²) in [6, 6.07) is 1.56. The van der Waals surface area contributed by atoms with Gasteiger partial charge in [0.05, 0.1) is 25.5 Å². The highest BCUT2D eigenvalue weighted by Crippen LogP contribution is 2.35. The highest BCUT2D eigenvalue weighted by atomic mass is 16.6. The zero-order valence-electron chi connectivity index (χ0n) is 13.9. The number of carbonyl (C=O) groups is 1. The Kier molecular flexibility index (Phi) is 4.56. The summed E-state index contributed by atoms with van der Waals surface area (Å²) >= 11 is 0. The molecule has 3 heterocycles. The third-order valence-electron chi connectivity index (χ3n) is 5.13. The van der Waals surface area contributed by atoms with E-state index in [0.717, 1.165) is 38.5 Å². The van der Waals surface area contributed by atoms with Gasteiger partial charge in [-0.1, -0.05) is 5.16 Å². The van der Waals surface area contributed by atoms with Gasteiger partial charge in [-0.3, -0.25) is 9.69 Å². The van der Waals surface area contributed by atoms with Gasteiger partial charge in [0.1, 0.15) is 5.60 Å². The molecule has 1 aromatic rings. The second-order valence-electron chi connectivity index (χ2n) is 7.28. The molecule has 1 amide bonds. The van der Waals surface area contributed by atoms with E-state index in [0.29, 0.717) is 13.2 Å². The van der Waals surface area contributed by atoms with Crippen LogP contribution in [0.1, 0.15) is 36.2 Å². The van der Waals surface area contributed by atoms with E-state index in [9.17, 15) is 4.79 Å². The highest BCUT2D eigenvalue weighted by Gasteiger charge is 2.43. The molecule has 0 radical (unpaired) electrons. The third-order valence-corrected chi connectivity index (χ3v) is 5.13. The van der Waals surface area contributed by atoms with Crippen molar-refractivity contribution in [3.8, 4) is 0 Å². The van der Waals surface area contributed by atoms with Crippen molar-refractivity contribution in [1.29, 1.82) is 0 Å². The lowest BCUT2D eigenvalue weighted by Gasteiger charge is -2.32. The maximum Gasteiger partial charge on any atom is 0.289 e. The van der Waals surface area contributed by atoms with Gasteiger partial charge in [-0.2, -0.15) is 0 Å². The fourth-order valence-corrected chi connectivity index (χ4v) is 3.69. The molecule has 7 nitrogen and oxygen atoms in total. The van der Waals surface area contributed by atoms with Crippen LogP contribution in [0.15, 0.2) is 16.8 Å². The van der Waals surface area contributed by atoms with Gasteiger partial charge in [0.15, 0.2) is 0 Å². The molecule has 7 heteroatoms. The van der Waals surface area contributed by atoms with Gasteiger partial charge in [0.2, 0.25) is 5.76 Å². The zero-order chi connectivity index (χ0) is 16.4. The van der Waals surface area contributed by atoms with Crippen LogP contribution in [-0.4, -0.2) is 67.1 Å². The molecule has 1 saturated carbocycles. The first-order valence-corrected chi connectivity index (χ1v) is 8.89. The molecule has 2 saturated heterocycles. The highest BCUT2D eigenvalue weighted by molar-refractivity contribution is 5.91. The van der Waals surface area contributed by atoms with E-state index in [1.807, 2.05) is 0 Å². The maximum atomic E-state index is 11.9. The van der Waals surface area contributed by atoms with Crippen LogP contribution in [0.3, 0.4) is 0 Å². The quantitative estimate of drug-likeness (QED) is 0.867. The first-order chi connectivity index (χ1) is 11.7. The number of hydrogen-bond acceptors (Lipinski definition) is 6. The summed E-state index contributed by atoms with van der Waals surface area (Å²) in [4.78, 5) is 14.4. The Morgan fingerprint density at radius 1 is 1.42 bits per heavy atom. The van der Waals surface area contributed by atoms with Gasteiger partial charge in [-0.15, -0.1) is 0 Å². The van der Waals surface area contributed by atoms with E-state index in [-0.39, 0.29) is 23.4 Å². The number of carbonyl (C=O) groups excluding carboxylic acids is 1. The fraction of sp³-hybridized carbons (Fsp3) is 0.765. The van der Waals surface area contributed by atoms with Crippen molar-refractivity contribution in [1.82, 2.24) is 15.4 Å². The first-order valence-electron chi connectivity index (χ1n) is 8.89. The molecule has 1 spiro atoms. The van der Waals surface area contributed by atoms with Crippen molar-refractivity contribution in [2.45, 2.75) is 37.4 Å². The second-order valence-corrected chi connectivity index (χ2v) is 7.28. The number of amides is 1. The van der Waals surface area contributed by atoms with Crippen LogP contribution in [0.4, 0.5) is 0 Å². The first kappa shape index (κ1) is 16.1. The molecule has 0 unspecified atom stereocenters. The minimum absolute atomic E-state index is 0.0290. The van der Waals surface area contributed by atoms with E-state index >= 15 is 0 Å². The Hall–Kier alpha value is -1.44. The largest absolute Gasteiger partial charge is 0.377 e. The number of hydrogen-bond donors (Lipinski definition) is 1. The van der Waals surface area contributed by atoms with Gasteiger partial charge < -0.3 is 19.3 Å². The van der Waals surface area contributed by atoms with Gasteiger partial charge in [0.25, 0.3) is 5.91 Å². The molecule has 4 rings (SSSR count). The minimum atomic E-state index is -0.246. The molecule has 0 aromatic carbocycles. The molecule has 1 aliphatic carbocycles. The van der Waals surface area contributed by atoms with E-state index in [1.54, 1.807) is 6.07 Å². The Balaban J connectivity index is 1.30. The van der Waals surface area contributed by atoms with Crippen molar-refractivity contribution in [3.05, 3.63) is 18.0 Å². The Morgan fingerprint density at radius 2 is 2.33 bits per heavy atom.